The molecule has 1 aliphatic rings. The number of ether oxygens (including phenoxy) is 1. The number of rotatable bonds is 2. The van der Waals surface area contributed by atoms with Gasteiger partial charge in [0.25, 0.3) is 5.91 Å². The lowest BCUT2D eigenvalue weighted by molar-refractivity contribution is 0.0961. The van der Waals surface area contributed by atoms with Crippen molar-refractivity contribution in [3.8, 4) is 16.9 Å². The molecule has 4 rings (SSSR count). The molecule has 1 amide bonds. The van der Waals surface area contributed by atoms with E-state index in [0.717, 1.165) is 25.5 Å². The molecule has 0 fully saturated rings. The second-order valence-electron chi connectivity index (χ2n) is 6.75. The highest BCUT2D eigenvalue weighted by Crippen LogP contribution is 2.52. The predicted molar refractivity (Wildman–Crippen MR) is 116 cm³/mol. The zero-order valence-corrected chi connectivity index (χ0v) is 18.1. The van der Waals surface area contributed by atoms with Crippen molar-refractivity contribution in [1.82, 2.24) is 0 Å². The summed E-state index contributed by atoms with van der Waals surface area (Å²) in [7, 11) is 4.78. The molecule has 0 spiro atoms. The second kappa shape index (κ2) is 6.71. The van der Waals surface area contributed by atoms with E-state index in [-0.39, 0.29) is 5.91 Å². The fraction of sp³-hybridized carbons (Fsp3) is 0.200. The van der Waals surface area contributed by atoms with Crippen LogP contribution in [0.15, 0.2) is 42.5 Å². The molecule has 27 heavy (non-hydrogen) atoms. The lowest BCUT2D eigenvalue weighted by Gasteiger charge is -2.43. The van der Waals surface area contributed by atoms with Gasteiger partial charge in [0.15, 0.2) is 0 Å². The number of hydrogen-bond donors (Lipinski definition) is 0. The molecule has 0 aliphatic carbocycles. The Morgan fingerprint density at radius 1 is 1.19 bits per heavy atom. The number of methoxy groups -OCH3 is 1. The summed E-state index contributed by atoms with van der Waals surface area (Å²) in [6.07, 6.45) is 0. The summed E-state index contributed by atoms with van der Waals surface area (Å²) < 4.78 is 6.12. The van der Waals surface area contributed by atoms with Crippen LogP contribution in [-0.4, -0.2) is 13.0 Å². The number of carbonyl (C=O) groups is 1. The van der Waals surface area contributed by atoms with Gasteiger partial charge < -0.3 is 4.74 Å². The highest BCUT2D eigenvalue weighted by Gasteiger charge is 2.43. The number of benzene rings is 2. The molecule has 1 aromatic heterocycles. The summed E-state index contributed by atoms with van der Waals surface area (Å²) >= 11 is 11.9. The Morgan fingerprint density at radius 2 is 1.96 bits per heavy atom. The highest BCUT2D eigenvalue weighted by molar-refractivity contribution is 7.80. The summed E-state index contributed by atoms with van der Waals surface area (Å²) in [6, 6.07) is 12.8. The van der Waals surface area contributed by atoms with Crippen molar-refractivity contribution in [1.29, 1.82) is 0 Å². The average Bonchev–Trinajstić information content (AvgIpc) is 3.05. The molecule has 0 atom stereocenters. The fourth-order valence-electron chi connectivity index (χ4n) is 3.45. The van der Waals surface area contributed by atoms with Crippen LogP contribution in [0.4, 0.5) is 5.69 Å². The predicted octanol–water partition coefficient (Wildman–Crippen LogP) is 6.76. The molecule has 0 saturated carbocycles. The molecule has 1 aliphatic heterocycles. The van der Waals surface area contributed by atoms with E-state index < -0.39 is 5.54 Å². The minimum atomic E-state index is -0.533. The van der Waals surface area contributed by atoms with E-state index in [1.807, 2.05) is 41.3 Å². The van der Waals surface area contributed by atoms with Gasteiger partial charge in [-0.15, -0.1) is 0 Å². The van der Waals surface area contributed by atoms with Crippen LogP contribution in [-0.2, 0) is 5.54 Å². The first-order chi connectivity index (χ1) is 12.8. The molecule has 7 heteroatoms. The standard InChI is InChI=1S/C20H16ClNO2S3/c1-20(2)17-16(19(25)27-26-17)14-10-12(21)7-8-15(14)22(20)18(23)11-5-4-6-13(9-11)24-3/h4-10H,1-3H3. The van der Waals surface area contributed by atoms with Crippen LogP contribution in [0.3, 0.4) is 0 Å². The van der Waals surface area contributed by atoms with Gasteiger partial charge in [-0.3, -0.25) is 9.69 Å². The van der Waals surface area contributed by atoms with Crippen molar-refractivity contribution in [3.63, 3.8) is 0 Å². The Morgan fingerprint density at radius 3 is 2.70 bits per heavy atom. The molecule has 2 heterocycles. The van der Waals surface area contributed by atoms with Crippen LogP contribution in [0.25, 0.3) is 11.1 Å². The molecule has 3 aromatic rings. The normalized spacial score (nSPS) is 14.4. The molecule has 0 unspecified atom stereocenters. The van der Waals surface area contributed by atoms with Crippen LogP contribution in [0.1, 0.15) is 29.1 Å². The Balaban J connectivity index is 1.95. The molecule has 0 radical (unpaired) electrons. The van der Waals surface area contributed by atoms with Gasteiger partial charge in [-0.2, -0.15) is 0 Å². The second-order valence-corrected chi connectivity index (χ2v) is 10.0. The quantitative estimate of drug-likeness (QED) is 0.330. The largest absolute Gasteiger partial charge is 0.497 e. The molecule has 0 bridgehead atoms. The van der Waals surface area contributed by atoms with Gasteiger partial charge in [-0.1, -0.05) is 50.6 Å². The number of halogens is 1. The van der Waals surface area contributed by atoms with Crippen LogP contribution >= 0.6 is 44.5 Å². The molecule has 2 aromatic carbocycles. The highest BCUT2D eigenvalue weighted by atomic mass is 35.5. The van der Waals surface area contributed by atoms with Crippen molar-refractivity contribution in [2.45, 2.75) is 19.4 Å². The van der Waals surface area contributed by atoms with Gasteiger partial charge >= 0.3 is 0 Å². The van der Waals surface area contributed by atoms with E-state index in [0.29, 0.717) is 16.3 Å². The Bertz CT molecular complexity index is 1120. The lowest BCUT2D eigenvalue weighted by Crippen LogP contribution is -2.47. The number of fused-ring (bicyclic) bond motifs is 3. The van der Waals surface area contributed by atoms with Crippen LogP contribution in [0.2, 0.25) is 5.02 Å². The molecule has 3 nitrogen and oxygen atoms in total. The van der Waals surface area contributed by atoms with Crippen molar-refractivity contribution < 1.29 is 9.53 Å². The number of hydrogen-bond acceptors (Lipinski definition) is 5. The smallest absolute Gasteiger partial charge is 0.259 e. The third kappa shape index (κ3) is 2.91. The third-order valence-electron chi connectivity index (χ3n) is 4.74. The third-order valence-corrected chi connectivity index (χ3v) is 8.30. The maximum absolute atomic E-state index is 13.6. The van der Waals surface area contributed by atoms with Gasteiger partial charge in [-0.05, 0) is 50.2 Å². The first kappa shape index (κ1) is 18.6. The SMILES string of the molecule is COc1cccc(C(=O)N2c3ccc(Cl)cc3-c3c(ssc3=S)C2(C)C)c1. The minimum Gasteiger partial charge on any atom is -0.497 e. The van der Waals surface area contributed by atoms with Gasteiger partial charge in [0.05, 0.1) is 23.2 Å². The summed E-state index contributed by atoms with van der Waals surface area (Å²) in [5, 5.41) is 0.624. The number of carbonyl (C=O) groups excluding carboxylic acids is 1. The average molecular weight is 434 g/mol. The molecular formula is C20H16ClNO2S3. The van der Waals surface area contributed by atoms with Crippen molar-refractivity contribution in [2.24, 2.45) is 0 Å². The van der Waals surface area contributed by atoms with Gasteiger partial charge in [-0.25, -0.2) is 0 Å². The van der Waals surface area contributed by atoms with Gasteiger partial charge in [0.2, 0.25) is 0 Å². The Labute approximate surface area is 175 Å². The molecule has 0 N–H and O–H groups in total. The van der Waals surface area contributed by atoms with Crippen molar-refractivity contribution in [2.75, 3.05) is 12.0 Å². The van der Waals surface area contributed by atoms with Crippen LogP contribution in [0.5, 0.6) is 5.75 Å². The van der Waals surface area contributed by atoms with E-state index in [1.54, 1.807) is 33.9 Å². The first-order valence-electron chi connectivity index (χ1n) is 8.26. The van der Waals surface area contributed by atoms with Crippen LogP contribution < -0.4 is 9.64 Å². The summed E-state index contributed by atoms with van der Waals surface area (Å²) in [5.41, 5.74) is 2.80. The number of nitrogens with zero attached hydrogens (tertiary/aromatic N) is 1. The van der Waals surface area contributed by atoms with E-state index in [2.05, 4.69) is 13.8 Å². The maximum atomic E-state index is 13.6. The summed E-state index contributed by atoms with van der Waals surface area (Å²) in [5.74, 6) is 0.566. The van der Waals surface area contributed by atoms with E-state index in [4.69, 9.17) is 28.6 Å². The molecule has 138 valence electrons. The zero-order valence-electron chi connectivity index (χ0n) is 14.9. The van der Waals surface area contributed by atoms with Crippen molar-refractivity contribution >= 4 is 56.1 Å². The first-order valence-corrected chi connectivity index (χ1v) is 11.2. The molecular weight excluding hydrogens is 418 g/mol. The minimum absolute atomic E-state index is 0.0857. The topological polar surface area (TPSA) is 29.5 Å². The Hall–Kier alpha value is -1.73. The van der Waals surface area contributed by atoms with Crippen LogP contribution in [0, 0.1) is 3.82 Å². The lowest BCUT2D eigenvalue weighted by atomic mass is 9.87. The van der Waals surface area contributed by atoms with Crippen molar-refractivity contribution in [3.05, 3.63) is 61.8 Å². The zero-order chi connectivity index (χ0) is 19.3. The van der Waals surface area contributed by atoms with E-state index >= 15 is 0 Å². The fourth-order valence-corrected chi connectivity index (χ4v) is 6.90. The maximum Gasteiger partial charge on any atom is 0.259 e. The van der Waals surface area contributed by atoms with E-state index in [9.17, 15) is 4.79 Å². The summed E-state index contributed by atoms with van der Waals surface area (Å²) in [6.45, 7) is 4.11. The van der Waals surface area contributed by atoms with Gasteiger partial charge in [0, 0.05) is 21.7 Å². The summed E-state index contributed by atoms with van der Waals surface area (Å²) in [4.78, 5) is 16.5. The van der Waals surface area contributed by atoms with E-state index in [1.165, 1.54) is 0 Å². The Kier molecular flexibility index (Phi) is 4.63. The van der Waals surface area contributed by atoms with Gasteiger partial charge in [0.1, 0.15) is 9.57 Å². The number of amides is 1. The molecule has 0 saturated heterocycles. The monoisotopic (exact) mass is 433 g/mol. The number of anilines is 1.